The monoisotopic (exact) mass is 604 g/mol. The topological polar surface area (TPSA) is 32.9 Å². The van der Waals surface area contributed by atoms with Crippen LogP contribution in [-0.2, 0) is 15.6 Å². The van der Waals surface area contributed by atoms with Crippen molar-refractivity contribution in [2.75, 3.05) is 0 Å². The highest BCUT2D eigenvalue weighted by Crippen LogP contribution is 2.44. The fourth-order valence-corrected chi connectivity index (χ4v) is 4.57. The lowest BCUT2D eigenvalue weighted by molar-refractivity contribution is 0.161. The molecule has 2 aliphatic rings. The molecule has 190 valence electrons. The van der Waals surface area contributed by atoms with Crippen LogP contribution in [0.15, 0.2) is 65.4 Å². The van der Waals surface area contributed by atoms with Crippen LogP contribution in [0, 0.1) is 10.8 Å². The number of hydrogen-bond donors (Lipinski definition) is 0. The summed E-state index contributed by atoms with van der Waals surface area (Å²) in [6, 6.07) is 4.25. The van der Waals surface area contributed by atoms with Gasteiger partial charge in [-0.2, -0.15) is 0 Å². The summed E-state index contributed by atoms with van der Waals surface area (Å²) in [6.45, 7) is 26.1. The van der Waals surface area contributed by atoms with Crippen molar-refractivity contribution in [2.45, 2.75) is 93.9 Å². The predicted octanol–water partition coefficient (Wildman–Crippen LogP) is 10.1. The van der Waals surface area contributed by atoms with Gasteiger partial charge in [-0.15, -0.1) is 0 Å². The predicted molar refractivity (Wildman–Crippen MR) is 155 cm³/mol. The van der Waals surface area contributed by atoms with Crippen LogP contribution < -0.4 is 0 Å². The molecule has 0 spiro atoms. The summed E-state index contributed by atoms with van der Waals surface area (Å²) in [7, 11) is 0. The number of hydrogen-bond acceptors (Lipinski definition) is 2. The summed E-state index contributed by atoms with van der Waals surface area (Å²) in [5.41, 5.74) is 3.37. The van der Waals surface area contributed by atoms with Crippen LogP contribution in [0.5, 0.6) is 0 Å². The summed E-state index contributed by atoms with van der Waals surface area (Å²) < 4.78 is 14.6. The highest BCUT2D eigenvalue weighted by atomic mass is 79.9. The normalized spacial score (nSPS) is 17.9. The van der Waals surface area contributed by atoms with E-state index in [2.05, 4.69) is 139 Å². The minimum absolute atomic E-state index is 0.126. The van der Waals surface area contributed by atoms with Crippen molar-refractivity contribution in [1.82, 2.24) is 0 Å². The van der Waals surface area contributed by atoms with Gasteiger partial charge in [0.1, 0.15) is 11.5 Å². The fraction of sp³-hybridized carbons (Fsp3) is 0.533. The van der Waals surface area contributed by atoms with Crippen molar-refractivity contribution in [2.24, 2.45) is 15.8 Å². The Morgan fingerprint density at radius 1 is 0.657 bits per heavy atom. The number of rotatable bonds is 1. The second-order valence-electron chi connectivity index (χ2n) is 13.6. The summed E-state index contributed by atoms with van der Waals surface area (Å²) in [6.07, 6.45) is 4.25. The largest absolute Gasteiger partial charge is 0.465 e. The van der Waals surface area contributed by atoms with Gasteiger partial charge in [-0.1, -0.05) is 41.5 Å². The molecule has 0 radical (unpaired) electrons. The molecule has 5 heteroatoms. The third kappa shape index (κ3) is 6.10. The third-order valence-electron chi connectivity index (χ3n) is 5.92. The molecular formula is C30H40Br2NO2+. The van der Waals surface area contributed by atoms with E-state index < -0.39 is 0 Å². The molecule has 1 aromatic rings. The SMILES string of the molecule is CC(C)(C)C1=CC(=C2N=C(c3cc(C(C)(C)C)[o+]c(C(C)(C)C)c3)C(Br)=C2Br)C=C(C(C)(C)C)O1. The molecule has 3 heterocycles. The maximum absolute atomic E-state index is 6.37. The zero-order chi connectivity index (χ0) is 26.7. The van der Waals surface area contributed by atoms with E-state index in [4.69, 9.17) is 14.1 Å². The number of ether oxygens (including phenoxy) is 1. The molecule has 0 aromatic carbocycles. The van der Waals surface area contributed by atoms with Crippen molar-refractivity contribution in [3.8, 4) is 0 Å². The highest BCUT2D eigenvalue weighted by molar-refractivity contribution is 9.14. The second-order valence-corrected chi connectivity index (χ2v) is 15.2. The summed E-state index contributed by atoms with van der Waals surface area (Å²) in [5, 5.41) is 0. The molecule has 0 bridgehead atoms. The molecule has 0 amide bonds. The van der Waals surface area contributed by atoms with Gasteiger partial charge in [-0.25, -0.2) is 9.41 Å². The third-order valence-corrected chi connectivity index (χ3v) is 8.00. The van der Waals surface area contributed by atoms with Crippen LogP contribution >= 0.6 is 31.9 Å². The minimum atomic E-state index is -0.126. The molecule has 0 saturated heterocycles. The highest BCUT2D eigenvalue weighted by Gasteiger charge is 2.37. The van der Waals surface area contributed by atoms with Crippen LogP contribution in [0.2, 0.25) is 0 Å². The van der Waals surface area contributed by atoms with Gasteiger partial charge < -0.3 is 4.74 Å². The van der Waals surface area contributed by atoms with Gasteiger partial charge in [0.2, 0.25) is 0 Å². The Hall–Kier alpha value is -1.46. The first-order valence-electron chi connectivity index (χ1n) is 12.2. The number of allylic oxidation sites excluding steroid dienone is 7. The summed E-state index contributed by atoms with van der Waals surface area (Å²) in [4.78, 5) is 5.17. The van der Waals surface area contributed by atoms with Gasteiger partial charge in [0.25, 0.3) is 0 Å². The van der Waals surface area contributed by atoms with Crippen LogP contribution in [0.4, 0.5) is 0 Å². The fourth-order valence-electron chi connectivity index (χ4n) is 3.56. The number of halogens is 2. The van der Waals surface area contributed by atoms with Gasteiger partial charge in [-0.3, -0.25) is 0 Å². The van der Waals surface area contributed by atoms with E-state index in [1.54, 1.807) is 0 Å². The zero-order valence-electron chi connectivity index (χ0n) is 23.3. The van der Waals surface area contributed by atoms with Crippen LogP contribution in [-0.4, -0.2) is 5.71 Å². The quantitative estimate of drug-likeness (QED) is 0.298. The maximum atomic E-state index is 6.37. The van der Waals surface area contributed by atoms with E-state index in [0.29, 0.717) is 0 Å². The Morgan fingerprint density at radius 2 is 1.09 bits per heavy atom. The van der Waals surface area contributed by atoms with E-state index in [0.717, 1.165) is 54.5 Å². The van der Waals surface area contributed by atoms with E-state index in [9.17, 15) is 0 Å². The molecule has 35 heavy (non-hydrogen) atoms. The molecule has 3 rings (SSSR count). The van der Waals surface area contributed by atoms with E-state index in [1.165, 1.54) is 0 Å². The van der Waals surface area contributed by atoms with Gasteiger partial charge >= 0.3 is 11.5 Å². The van der Waals surface area contributed by atoms with Crippen molar-refractivity contribution >= 4 is 37.6 Å². The molecule has 0 fully saturated rings. The average molecular weight is 606 g/mol. The van der Waals surface area contributed by atoms with Crippen LogP contribution in [0.25, 0.3) is 0 Å². The van der Waals surface area contributed by atoms with E-state index >= 15 is 0 Å². The molecule has 0 aliphatic carbocycles. The average Bonchev–Trinajstić information content (AvgIpc) is 2.99. The molecule has 3 nitrogen and oxygen atoms in total. The maximum Gasteiger partial charge on any atom is 0.335 e. The van der Waals surface area contributed by atoms with Crippen molar-refractivity contribution < 1.29 is 9.15 Å². The van der Waals surface area contributed by atoms with Crippen LogP contribution in [0.1, 0.15) is 100 Å². The Bertz CT molecular complexity index is 1130. The number of aliphatic imine (C=N–C) groups is 1. The number of nitrogens with zero attached hydrogens (tertiary/aromatic N) is 1. The molecule has 0 unspecified atom stereocenters. The molecule has 0 atom stereocenters. The van der Waals surface area contributed by atoms with Gasteiger partial charge in [0.05, 0.1) is 31.2 Å². The molecule has 2 aliphatic heterocycles. The first-order valence-corrected chi connectivity index (χ1v) is 13.8. The Kier molecular flexibility index (Phi) is 7.34. The van der Waals surface area contributed by atoms with Gasteiger partial charge in [-0.05, 0) is 85.6 Å². The lowest BCUT2D eigenvalue weighted by Crippen LogP contribution is -2.21. The lowest BCUT2D eigenvalue weighted by atomic mass is 9.87. The van der Waals surface area contributed by atoms with Gasteiger partial charge in [0.15, 0.2) is 0 Å². The first-order chi connectivity index (χ1) is 15.7. The van der Waals surface area contributed by atoms with E-state index in [1.807, 2.05) is 0 Å². The molecule has 0 saturated carbocycles. The lowest BCUT2D eigenvalue weighted by Gasteiger charge is -2.32. The van der Waals surface area contributed by atoms with Gasteiger partial charge in [0, 0.05) is 34.1 Å². The smallest absolute Gasteiger partial charge is 0.335 e. The Balaban J connectivity index is 2.28. The standard InChI is InChI=1S/C30H40Br2NO2/c1-27(2,3)19-13-17(14-20(34-19)28(4,5)6)25-23(31)24(32)26(33-25)18-15-21(29(7,8)9)35-22(16-18)30(10,11)12/h13-16H,1-12H3/q+1. The van der Waals surface area contributed by atoms with Crippen molar-refractivity contribution in [1.29, 1.82) is 0 Å². The zero-order valence-corrected chi connectivity index (χ0v) is 26.5. The Labute approximate surface area is 228 Å². The molecule has 0 N–H and O–H groups in total. The van der Waals surface area contributed by atoms with Crippen molar-refractivity contribution in [3.05, 3.63) is 73.1 Å². The van der Waals surface area contributed by atoms with Crippen molar-refractivity contribution in [3.63, 3.8) is 0 Å². The summed E-state index contributed by atoms with van der Waals surface area (Å²) >= 11 is 7.68. The van der Waals surface area contributed by atoms with E-state index in [-0.39, 0.29) is 21.7 Å². The first kappa shape index (κ1) is 28.1. The molecular weight excluding hydrogens is 566 g/mol. The summed E-state index contributed by atoms with van der Waals surface area (Å²) in [5.74, 6) is 3.76. The minimum Gasteiger partial charge on any atom is -0.465 e. The Morgan fingerprint density at radius 3 is 1.46 bits per heavy atom. The van der Waals surface area contributed by atoms with Crippen LogP contribution in [0.3, 0.4) is 0 Å². The molecule has 1 aromatic heterocycles. The second kappa shape index (κ2) is 9.13.